The van der Waals surface area contributed by atoms with Gasteiger partial charge in [-0.25, -0.2) is 0 Å². The Morgan fingerprint density at radius 2 is 0.152 bits per heavy atom. The summed E-state index contributed by atoms with van der Waals surface area (Å²) in [5, 5.41) is 0. The molecule has 0 N–H and O–H groups in total. The van der Waals surface area contributed by atoms with Crippen LogP contribution in [-0.4, -0.2) is 700 Å². The van der Waals surface area contributed by atoms with Gasteiger partial charge in [0.15, 0.2) is 0 Å². The van der Waals surface area contributed by atoms with E-state index in [0.717, 1.165) is 0 Å². The molecule has 0 heterocycles. The maximum absolute atomic E-state index is 2.87. The third-order valence-corrected chi connectivity index (χ3v) is 29.6. The summed E-state index contributed by atoms with van der Waals surface area (Å²) < 4.78 is 0. The molecule has 0 rings (SSSR count). The van der Waals surface area contributed by atoms with E-state index in [1.807, 2.05) is 0 Å². The predicted molar refractivity (Wildman–Crippen MR) is 711 cm³/mol. The SMILES string of the molecule is BBB(B)B(B(B(B)B)B(B)B)B(B(B(B)B)B(B)B)B(B(B(B(B)B)B(B)B)B(B(B)B)B(B)B)B(B(B(B(B(B)B)B(B)B)B(B(B)B)B(B)B)B(B(B(B)B)B(B)B)B(B(B)B)B(B)B)B(B(B(B(B)B)B(B)B)B(B(B)B)B(B)B)B(B(B(B)B)B(B)B)B(B(B)B)B(B)B. The Hall–Kier alpha value is 6.43. The first-order valence-electron chi connectivity index (χ1n) is 45.1. The van der Waals surface area contributed by atoms with Crippen molar-refractivity contribution in [2.24, 2.45) is 0 Å². The Morgan fingerprint density at radius 1 is 0.0909 bits per heavy atom. The average Bonchev–Trinajstić information content (AvgIpc) is 3.39. The molecule has 398 valence electrons. The molecule has 0 nitrogen and oxygen atoms in total. The maximum Gasteiger partial charge on any atom is 0.0594 e. The van der Waals surface area contributed by atoms with Gasteiger partial charge in [-0.2, -0.15) is 0 Å². The van der Waals surface area contributed by atoms with Crippen LogP contribution in [0.4, 0.5) is 0 Å². The molecule has 0 aromatic carbocycles. The molecule has 0 saturated carbocycles. The minimum atomic E-state index is 0.427. The Labute approximate surface area is 693 Å². The molecule has 0 fully saturated rings. The Morgan fingerprint density at radius 3 is 0.222 bits per heavy atom. The standard InChI is InChI=1S/B99H101/c1-51-76(50)89(77(52(2)3)53(4)5)95(88(74(46)47)75(48)49)98(94(86(70(38)39)71(40)41)87(72(42)43)73(44)45)99(96(90(78(54(6)7)55(8)9)79(56(10)11)57(12)13)91(80(58(14)15)59(16)17)81(60(18)19)61(20)21)97(92(82(62(22)23)63(24)25)83(64(26)27)65(28)29)93(84(66(30)31)67(32)33)85(68(34)35)69(36)37/h51H,1-50H2. The van der Waals surface area contributed by atoms with E-state index >= 15 is 0 Å². The summed E-state index contributed by atoms with van der Waals surface area (Å²) in [5.74, 6) is 0. The maximum atomic E-state index is 2.87. The number of hydrogen-bond acceptors (Lipinski definition) is 0. The van der Waals surface area contributed by atoms with Crippen molar-refractivity contribution in [3.63, 3.8) is 0 Å². The Kier molecular flexibility index (Phi) is 51.9. The van der Waals surface area contributed by atoms with Crippen molar-refractivity contribution < 1.29 is 0 Å². The summed E-state index contributed by atoms with van der Waals surface area (Å²) in [6, 6.07) is 0. The highest BCUT2D eigenvalue weighted by atomic mass is 13.5. The predicted octanol–water partition coefficient (Wildman–Crippen LogP) is -64.7. The second-order valence-corrected chi connectivity index (χ2v) is 44.5. The second kappa shape index (κ2) is 48.7. The summed E-state index contributed by atoms with van der Waals surface area (Å²) in [5.41, 5.74) is 0. The second-order valence-electron chi connectivity index (χ2n) is 44.5. The summed E-state index contributed by atoms with van der Waals surface area (Å²) >= 11 is 0. The average molecular weight is 1170 g/mol. The van der Waals surface area contributed by atoms with Gasteiger partial charge in [-0.15, -0.1) is 0 Å². The van der Waals surface area contributed by atoms with Crippen molar-refractivity contribution in [1.82, 2.24) is 0 Å². The van der Waals surface area contributed by atoms with Gasteiger partial charge in [0.1, 0.15) is 0 Å². The van der Waals surface area contributed by atoms with Crippen molar-refractivity contribution in [1.29, 1.82) is 0 Å². The van der Waals surface area contributed by atoms with E-state index in [9.17, 15) is 0 Å². The van der Waals surface area contributed by atoms with E-state index < -0.39 is 0 Å². The van der Waals surface area contributed by atoms with Crippen LogP contribution in [0.1, 0.15) is 0 Å². The van der Waals surface area contributed by atoms with E-state index in [1.54, 1.807) is 0 Å². The van der Waals surface area contributed by atoms with Gasteiger partial charge in [0.05, 0.1) is 387 Å². The minimum absolute atomic E-state index is 0.427. The molecule has 0 atom stereocenters. The van der Waals surface area contributed by atoms with Gasteiger partial charge in [-0.1, -0.05) is 0 Å². The van der Waals surface area contributed by atoms with Gasteiger partial charge in [-0.3, -0.25) is 0 Å². The van der Waals surface area contributed by atoms with E-state index in [4.69, 9.17) is 0 Å². The Balaban J connectivity index is 14.6. The minimum Gasteiger partial charge on any atom is 0.000000159 e. The fraction of sp³-hybridized carbons (Fsp3) is 0. The molecule has 0 aliphatic carbocycles. The van der Waals surface area contributed by atoms with E-state index in [0.29, 0.717) is 306 Å². The molecule has 0 spiro atoms. The molecule has 0 aromatic heterocycles. The van der Waals surface area contributed by atoms with Crippen LogP contribution in [0.5, 0.6) is 0 Å². The van der Waals surface area contributed by atoms with Crippen LogP contribution in [-0.2, 0) is 0 Å². The molecule has 0 aromatic rings. The zero-order chi connectivity index (χ0) is 78.4. The highest BCUT2D eigenvalue weighted by Gasteiger charge is 2.69. The van der Waals surface area contributed by atoms with Crippen LogP contribution in [0.15, 0.2) is 0 Å². The fourth-order valence-corrected chi connectivity index (χ4v) is 28.9. The third kappa shape index (κ3) is 28.4. The van der Waals surface area contributed by atoms with Crippen molar-refractivity contribution >= 4 is 700 Å². The zero-order valence-corrected chi connectivity index (χ0v) is 78.4. The largest absolute Gasteiger partial charge is 0.0594 e. The van der Waals surface area contributed by atoms with Crippen molar-refractivity contribution in [3.05, 3.63) is 0 Å². The third-order valence-electron chi connectivity index (χ3n) is 29.6. The van der Waals surface area contributed by atoms with Crippen LogP contribution in [0, 0.1) is 0 Å². The lowest BCUT2D eigenvalue weighted by Gasteiger charge is -2.62. The Bertz CT molecular complexity index is 1660. The van der Waals surface area contributed by atoms with Crippen LogP contribution in [0.2, 0.25) is 0 Å². The van der Waals surface area contributed by atoms with E-state index in [2.05, 4.69) is 387 Å². The smallest absolute Gasteiger partial charge is 0.000000159 e. The van der Waals surface area contributed by atoms with Crippen LogP contribution >= 0.6 is 0 Å². The molecular weight excluding hydrogens is 1070 g/mol. The quantitative estimate of drug-likeness (QED) is 0.0533. The normalized spacial score (nSPS) is 9.82. The van der Waals surface area contributed by atoms with Crippen LogP contribution < -0.4 is 0 Å². The number of rotatable bonds is 48. The lowest BCUT2D eigenvalue weighted by Crippen LogP contribution is -3.01. The van der Waals surface area contributed by atoms with Crippen molar-refractivity contribution in [3.8, 4) is 0 Å². The molecule has 0 aliphatic rings. The van der Waals surface area contributed by atoms with Crippen LogP contribution in [0.25, 0.3) is 0 Å². The highest BCUT2D eigenvalue weighted by Crippen LogP contribution is 2.30. The first-order chi connectivity index (χ1) is 45.1. The molecule has 0 unspecified atom stereocenters. The van der Waals surface area contributed by atoms with Gasteiger partial charge in [-0.05, 0) is 0 Å². The molecule has 0 radical (unpaired) electrons. The van der Waals surface area contributed by atoms with E-state index in [-0.39, 0.29) is 0 Å². The highest BCUT2D eigenvalue weighted by molar-refractivity contribution is 8.44. The molecular formula is H101B99. The molecule has 99 heavy (non-hydrogen) atoms. The summed E-state index contributed by atoms with van der Waals surface area (Å²) in [6.07, 6.45) is 25.5. The van der Waals surface area contributed by atoms with Crippen molar-refractivity contribution in [2.45, 2.75) is 0 Å². The fourth-order valence-electron chi connectivity index (χ4n) is 28.9. The molecule has 0 amide bonds. The monoisotopic (exact) mass is 1190 g/mol. The molecule has 0 saturated heterocycles. The van der Waals surface area contributed by atoms with Crippen LogP contribution in [0.3, 0.4) is 0 Å². The summed E-state index contributed by atoms with van der Waals surface area (Å²) in [7, 11) is 140. The van der Waals surface area contributed by atoms with Gasteiger partial charge < -0.3 is 0 Å². The van der Waals surface area contributed by atoms with Gasteiger partial charge in [0.25, 0.3) is 0 Å². The molecule has 99 heteroatoms. The van der Waals surface area contributed by atoms with Crippen molar-refractivity contribution in [2.75, 3.05) is 0 Å². The van der Waals surface area contributed by atoms with E-state index in [1.165, 1.54) is 7.06 Å². The first kappa shape index (κ1) is 105. The topological polar surface area (TPSA) is 0 Å². The summed E-state index contributed by atoms with van der Waals surface area (Å²) in [6.45, 7) is 0. The van der Waals surface area contributed by atoms with Gasteiger partial charge in [0, 0.05) is 314 Å². The first-order valence-corrected chi connectivity index (χ1v) is 45.1. The molecule has 0 aliphatic heterocycles. The molecule has 0 bridgehead atoms. The van der Waals surface area contributed by atoms with Gasteiger partial charge in [0.2, 0.25) is 0 Å². The lowest BCUT2D eigenvalue weighted by molar-refractivity contribution is 3.12. The summed E-state index contributed by atoms with van der Waals surface area (Å²) in [4.78, 5) is 0. The number of hydrogen-bond donors (Lipinski definition) is 0. The lowest BCUT2D eigenvalue weighted by atomic mass is 8.18. The van der Waals surface area contributed by atoms with Gasteiger partial charge >= 0.3 is 0 Å². The zero-order valence-electron chi connectivity index (χ0n) is 78.4.